The highest BCUT2D eigenvalue weighted by Gasteiger charge is 2.16. The van der Waals surface area contributed by atoms with Gasteiger partial charge in [0.15, 0.2) is 0 Å². The zero-order chi connectivity index (χ0) is 14.4. The number of methoxy groups -OCH3 is 1. The topological polar surface area (TPSA) is 55.6 Å². The van der Waals surface area contributed by atoms with Crippen molar-refractivity contribution in [2.24, 2.45) is 5.73 Å². The van der Waals surface area contributed by atoms with Gasteiger partial charge in [0.05, 0.1) is 12.5 Å². The van der Waals surface area contributed by atoms with Crippen LogP contribution in [-0.2, 0) is 9.53 Å². The van der Waals surface area contributed by atoms with E-state index in [4.69, 9.17) is 10.5 Å². The third-order valence-corrected chi connectivity index (χ3v) is 3.30. The van der Waals surface area contributed by atoms with Gasteiger partial charge in [0.25, 0.3) is 0 Å². The first kappa shape index (κ1) is 15.7. The van der Waals surface area contributed by atoms with Gasteiger partial charge in [-0.3, -0.25) is 4.79 Å². The summed E-state index contributed by atoms with van der Waals surface area (Å²) >= 11 is 0. The second-order valence-corrected chi connectivity index (χ2v) is 5.00. The van der Waals surface area contributed by atoms with Gasteiger partial charge in [0.2, 0.25) is 5.91 Å². The predicted octanol–water partition coefficient (Wildman–Crippen LogP) is 2.14. The van der Waals surface area contributed by atoms with Gasteiger partial charge < -0.3 is 15.4 Å². The van der Waals surface area contributed by atoms with Gasteiger partial charge in [-0.2, -0.15) is 0 Å². The van der Waals surface area contributed by atoms with Crippen LogP contribution < -0.4 is 10.6 Å². The third-order valence-electron chi connectivity index (χ3n) is 3.30. The maximum Gasteiger partial charge on any atom is 0.229 e. The Hall–Kier alpha value is -1.39. The average Bonchev–Trinajstić information content (AvgIpc) is 2.43. The smallest absolute Gasteiger partial charge is 0.229 e. The predicted molar refractivity (Wildman–Crippen MR) is 78.4 cm³/mol. The third kappa shape index (κ3) is 4.33. The molecule has 0 saturated carbocycles. The van der Waals surface area contributed by atoms with Gasteiger partial charge in [-0.15, -0.1) is 0 Å². The second-order valence-electron chi connectivity index (χ2n) is 5.00. The number of ether oxygens (including phenoxy) is 1. The number of nitrogens with two attached hydrogens (primary N) is 1. The fourth-order valence-corrected chi connectivity index (χ4v) is 1.83. The number of benzene rings is 1. The van der Waals surface area contributed by atoms with E-state index in [1.54, 1.807) is 19.1 Å². The molecule has 0 fully saturated rings. The first-order valence-corrected chi connectivity index (χ1v) is 6.59. The number of anilines is 1. The van der Waals surface area contributed by atoms with Crippen molar-refractivity contribution in [1.82, 2.24) is 0 Å². The molecule has 1 atom stereocenters. The van der Waals surface area contributed by atoms with Gasteiger partial charge in [0.1, 0.15) is 0 Å². The monoisotopic (exact) mass is 264 g/mol. The summed E-state index contributed by atoms with van der Waals surface area (Å²) in [4.78, 5) is 13.8. The van der Waals surface area contributed by atoms with E-state index in [0.717, 1.165) is 5.69 Å². The van der Waals surface area contributed by atoms with E-state index in [9.17, 15) is 4.79 Å². The van der Waals surface area contributed by atoms with Crippen LogP contribution in [0.4, 0.5) is 5.69 Å². The lowest BCUT2D eigenvalue weighted by Crippen LogP contribution is -2.33. The van der Waals surface area contributed by atoms with Crippen molar-refractivity contribution in [1.29, 1.82) is 0 Å². The molecule has 0 spiro atoms. The van der Waals surface area contributed by atoms with Crippen LogP contribution in [0.3, 0.4) is 0 Å². The molecular formula is C15H24N2O2. The van der Waals surface area contributed by atoms with Crippen molar-refractivity contribution in [2.75, 3.05) is 25.6 Å². The zero-order valence-electron chi connectivity index (χ0n) is 12.2. The van der Waals surface area contributed by atoms with Gasteiger partial charge in [-0.05, 0) is 23.6 Å². The molecule has 0 aliphatic heterocycles. The largest absolute Gasteiger partial charge is 0.380 e. The lowest BCUT2D eigenvalue weighted by molar-refractivity contribution is -0.120. The standard InChI is InChI=1S/C15H24N2O2/c1-11(2)12-6-5-7-13(8-12)17(3)15(18)9-14(10-16)19-4/h5-8,11,14H,9-10,16H2,1-4H3. The average molecular weight is 264 g/mol. The van der Waals surface area contributed by atoms with Crippen LogP contribution in [0.2, 0.25) is 0 Å². The van der Waals surface area contributed by atoms with Crippen LogP contribution in [0.1, 0.15) is 31.7 Å². The fourth-order valence-electron chi connectivity index (χ4n) is 1.83. The van der Waals surface area contributed by atoms with Crippen molar-refractivity contribution in [3.63, 3.8) is 0 Å². The normalized spacial score (nSPS) is 12.5. The number of carbonyl (C=O) groups is 1. The Morgan fingerprint density at radius 3 is 2.63 bits per heavy atom. The van der Waals surface area contributed by atoms with Crippen molar-refractivity contribution in [3.05, 3.63) is 29.8 Å². The zero-order valence-corrected chi connectivity index (χ0v) is 12.2. The highest BCUT2D eigenvalue weighted by atomic mass is 16.5. The minimum atomic E-state index is -0.219. The Kier molecular flexibility index (Phi) is 5.99. The lowest BCUT2D eigenvalue weighted by atomic mass is 10.0. The van der Waals surface area contributed by atoms with E-state index >= 15 is 0 Å². The van der Waals surface area contributed by atoms with Crippen molar-refractivity contribution in [3.8, 4) is 0 Å². The van der Waals surface area contributed by atoms with E-state index in [2.05, 4.69) is 19.9 Å². The molecule has 1 rings (SSSR count). The van der Waals surface area contributed by atoms with Crippen LogP contribution in [-0.4, -0.2) is 32.7 Å². The summed E-state index contributed by atoms with van der Waals surface area (Å²) < 4.78 is 5.15. The molecule has 4 heteroatoms. The van der Waals surface area contributed by atoms with Gasteiger partial charge in [-0.25, -0.2) is 0 Å². The number of rotatable bonds is 6. The molecule has 0 aromatic heterocycles. The summed E-state index contributed by atoms with van der Waals surface area (Å²) in [5, 5.41) is 0. The molecule has 0 radical (unpaired) electrons. The van der Waals surface area contributed by atoms with Crippen molar-refractivity contribution >= 4 is 11.6 Å². The van der Waals surface area contributed by atoms with E-state index < -0.39 is 0 Å². The Morgan fingerprint density at radius 2 is 2.11 bits per heavy atom. The summed E-state index contributed by atoms with van der Waals surface area (Å²) in [6.45, 7) is 4.62. The Balaban J connectivity index is 2.79. The number of amides is 1. The van der Waals surface area contributed by atoms with Gasteiger partial charge >= 0.3 is 0 Å². The fraction of sp³-hybridized carbons (Fsp3) is 0.533. The summed E-state index contributed by atoms with van der Waals surface area (Å²) in [5.41, 5.74) is 7.67. The first-order chi connectivity index (χ1) is 8.99. The minimum Gasteiger partial charge on any atom is -0.380 e. The maximum atomic E-state index is 12.1. The van der Waals surface area contributed by atoms with E-state index in [1.165, 1.54) is 5.56 Å². The maximum absolute atomic E-state index is 12.1. The summed E-state index contributed by atoms with van der Waals surface area (Å²) in [7, 11) is 3.36. The Morgan fingerprint density at radius 1 is 1.42 bits per heavy atom. The molecule has 0 aliphatic carbocycles. The summed E-state index contributed by atoms with van der Waals surface area (Å²) in [6, 6.07) is 8.04. The molecule has 1 amide bonds. The first-order valence-electron chi connectivity index (χ1n) is 6.59. The number of carbonyl (C=O) groups excluding carboxylic acids is 1. The molecule has 19 heavy (non-hydrogen) atoms. The molecule has 1 unspecified atom stereocenters. The minimum absolute atomic E-state index is 0.0122. The molecule has 0 aliphatic rings. The molecule has 106 valence electrons. The van der Waals surface area contributed by atoms with E-state index in [-0.39, 0.29) is 12.0 Å². The van der Waals surface area contributed by atoms with Crippen LogP contribution in [0.25, 0.3) is 0 Å². The summed E-state index contributed by atoms with van der Waals surface area (Å²) in [5.74, 6) is 0.456. The number of hydrogen-bond acceptors (Lipinski definition) is 3. The highest BCUT2D eigenvalue weighted by Crippen LogP contribution is 2.21. The SMILES string of the molecule is COC(CN)CC(=O)N(C)c1cccc(C(C)C)c1. The van der Waals surface area contributed by atoms with E-state index in [1.807, 2.05) is 18.2 Å². The summed E-state index contributed by atoms with van der Waals surface area (Å²) in [6.07, 6.45) is 0.0818. The Labute approximate surface area is 115 Å². The quantitative estimate of drug-likeness (QED) is 0.856. The van der Waals surface area contributed by atoms with Gasteiger partial charge in [0, 0.05) is 26.4 Å². The lowest BCUT2D eigenvalue weighted by Gasteiger charge is -2.21. The molecule has 1 aromatic carbocycles. The second kappa shape index (κ2) is 7.26. The van der Waals surface area contributed by atoms with Crippen LogP contribution >= 0.6 is 0 Å². The molecular weight excluding hydrogens is 240 g/mol. The Bertz CT molecular complexity index is 414. The van der Waals surface area contributed by atoms with Crippen LogP contribution in [0.5, 0.6) is 0 Å². The van der Waals surface area contributed by atoms with Crippen molar-refractivity contribution in [2.45, 2.75) is 32.3 Å². The van der Waals surface area contributed by atoms with Crippen LogP contribution in [0.15, 0.2) is 24.3 Å². The molecule has 0 heterocycles. The molecule has 0 saturated heterocycles. The van der Waals surface area contributed by atoms with Crippen molar-refractivity contribution < 1.29 is 9.53 Å². The molecule has 0 bridgehead atoms. The highest BCUT2D eigenvalue weighted by molar-refractivity contribution is 5.93. The molecule has 1 aromatic rings. The van der Waals surface area contributed by atoms with Crippen LogP contribution in [0, 0.1) is 0 Å². The number of hydrogen-bond donors (Lipinski definition) is 1. The number of nitrogens with zero attached hydrogens (tertiary/aromatic N) is 1. The molecule has 4 nitrogen and oxygen atoms in total. The van der Waals surface area contributed by atoms with Gasteiger partial charge in [-0.1, -0.05) is 26.0 Å². The van der Waals surface area contributed by atoms with E-state index in [0.29, 0.717) is 18.9 Å². The molecule has 2 N–H and O–H groups in total.